The maximum atomic E-state index is 13.1. The first-order chi connectivity index (χ1) is 10.6. The van der Waals surface area contributed by atoms with E-state index in [1.807, 2.05) is 44.2 Å². The molecule has 1 aliphatic heterocycles. The largest absolute Gasteiger partial charge is 0.477 e. The summed E-state index contributed by atoms with van der Waals surface area (Å²) in [6.07, 6.45) is 4.57. The van der Waals surface area contributed by atoms with Crippen LogP contribution in [0.2, 0.25) is 0 Å². The van der Waals surface area contributed by atoms with Gasteiger partial charge in [-0.25, -0.2) is 14.4 Å². The van der Waals surface area contributed by atoms with E-state index < -0.39 is 6.09 Å². The van der Waals surface area contributed by atoms with Crippen LogP contribution < -0.4 is 4.65 Å². The fourth-order valence-corrected chi connectivity index (χ4v) is 3.53. The van der Waals surface area contributed by atoms with E-state index in [9.17, 15) is 9.59 Å². The molecule has 1 aromatic rings. The van der Waals surface area contributed by atoms with E-state index in [2.05, 4.69) is 0 Å². The maximum Gasteiger partial charge on any atom is 0.477 e. The second-order valence-corrected chi connectivity index (χ2v) is 6.39. The summed E-state index contributed by atoms with van der Waals surface area (Å²) >= 11 is 0. The molecule has 1 aromatic carbocycles. The number of hydrogen-bond acceptors (Lipinski definition) is 3. The summed E-state index contributed by atoms with van der Waals surface area (Å²) in [5.41, 5.74) is 0.703. The number of benzene rings is 1. The Hall–Kier alpha value is -1.88. The SMILES string of the molecule is CC(C)[N+]1(c2ccccc2)OC(=O)N(C2CCCCC2)C1=O. The van der Waals surface area contributed by atoms with Gasteiger partial charge in [-0.05, 0) is 31.3 Å². The minimum Gasteiger partial charge on any atom is -0.236 e. The van der Waals surface area contributed by atoms with Crippen LogP contribution >= 0.6 is 0 Å². The molecule has 5 nitrogen and oxygen atoms in total. The van der Waals surface area contributed by atoms with Gasteiger partial charge in [0, 0.05) is 18.2 Å². The molecule has 2 fully saturated rings. The van der Waals surface area contributed by atoms with Gasteiger partial charge in [-0.3, -0.25) is 0 Å². The summed E-state index contributed by atoms with van der Waals surface area (Å²) in [4.78, 5) is 32.6. The number of hydroxylamine groups is 2. The van der Waals surface area contributed by atoms with Gasteiger partial charge in [0.25, 0.3) is 0 Å². The maximum absolute atomic E-state index is 13.1. The highest BCUT2D eigenvalue weighted by molar-refractivity contribution is 6.02. The second kappa shape index (κ2) is 5.72. The van der Waals surface area contributed by atoms with Gasteiger partial charge in [0.1, 0.15) is 6.04 Å². The molecule has 3 amide bonds. The monoisotopic (exact) mass is 303 g/mol. The summed E-state index contributed by atoms with van der Waals surface area (Å²) in [6, 6.07) is 8.86. The highest BCUT2D eigenvalue weighted by Gasteiger charge is 2.61. The van der Waals surface area contributed by atoms with Crippen LogP contribution in [0.3, 0.4) is 0 Å². The van der Waals surface area contributed by atoms with E-state index in [1.54, 1.807) is 0 Å². The number of urea groups is 1. The van der Waals surface area contributed by atoms with Crippen LogP contribution in [-0.2, 0) is 4.84 Å². The Morgan fingerprint density at radius 2 is 1.73 bits per heavy atom. The van der Waals surface area contributed by atoms with Crippen LogP contribution in [0, 0.1) is 0 Å². The van der Waals surface area contributed by atoms with E-state index in [4.69, 9.17) is 4.84 Å². The molecule has 0 N–H and O–H groups in total. The number of rotatable bonds is 3. The molecule has 0 spiro atoms. The average molecular weight is 303 g/mol. The number of amides is 3. The fourth-order valence-electron chi connectivity index (χ4n) is 3.53. The van der Waals surface area contributed by atoms with Crippen molar-refractivity contribution in [3.63, 3.8) is 0 Å². The standard InChI is InChI=1S/C17H23N2O3/c1-13(2)19(15-11-7-4-8-12-15)16(20)18(17(21)22-19)14-9-5-3-6-10-14/h4,7-8,11-14H,3,5-6,9-10H2,1-2H3/q+1. The van der Waals surface area contributed by atoms with Gasteiger partial charge in [-0.2, -0.15) is 4.90 Å². The van der Waals surface area contributed by atoms with Crippen LogP contribution in [0.4, 0.5) is 15.3 Å². The summed E-state index contributed by atoms with van der Waals surface area (Å²) < 4.78 is -0.365. The Morgan fingerprint density at radius 1 is 1.09 bits per heavy atom. The number of carbonyl (C=O) groups excluding carboxylic acids is 2. The number of hydrogen-bond donors (Lipinski definition) is 0. The zero-order chi connectivity index (χ0) is 15.7. The lowest BCUT2D eigenvalue weighted by molar-refractivity contribution is -0.0432. The van der Waals surface area contributed by atoms with Crippen LogP contribution in [0.15, 0.2) is 30.3 Å². The average Bonchev–Trinajstić information content (AvgIpc) is 2.81. The molecule has 1 heterocycles. The smallest absolute Gasteiger partial charge is 0.236 e. The second-order valence-electron chi connectivity index (χ2n) is 6.39. The molecule has 1 saturated carbocycles. The summed E-state index contributed by atoms with van der Waals surface area (Å²) in [6.45, 7) is 3.81. The first-order valence-corrected chi connectivity index (χ1v) is 8.09. The van der Waals surface area contributed by atoms with Crippen LogP contribution in [0.25, 0.3) is 0 Å². The Balaban J connectivity index is 1.99. The number of quaternary nitrogens is 1. The molecule has 1 saturated heterocycles. The van der Waals surface area contributed by atoms with Crippen LogP contribution in [0.5, 0.6) is 0 Å². The zero-order valence-corrected chi connectivity index (χ0v) is 13.2. The van der Waals surface area contributed by atoms with Crippen molar-refractivity contribution in [2.24, 2.45) is 0 Å². The third-order valence-electron chi connectivity index (χ3n) is 4.72. The van der Waals surface area contributed by atoms with Crippen molar-refractivity contribution < 1.29 is 14.4 Å². The van der Waals surface area contributed by atoms with Gasteiger partial charge in [-0.15, -0.1) is 0 Å². The van der Waals surface area contributed by atoms with Crippen molar-refractivity contribution in [2.45, 2.75) is 58.0 Å². The molecule has 0 aromatic heterocycles. The van der Waals surface area contributed by atoms with Crippen molar-refractivity contribution in [2.75, 3.05) is 0 Å². The first-order valence-electron chi connectivity index (χ1n) is 8.09. The molecule has 1 aliphatic carbocycles. The van der Waals surface area contributed by atoms with E-state index >= 15 is 0 Å². The van der Waals surface area contributed by atoms with Crippen LogP contribution in [-0.4, -0.2) is 29.1 Å². The van der Waals surface area contributed by atoms with Crippen molar-refractivity contribution in [3.8, 4) is 0 Å². The minimum absolute atomic E-state index is 0.0174. The van der Waals surface area contributed by atoms with Gasteiger partial charge in [0.2, 0.25) is 0 Å². The van der Waals surface area contributed by atoms with Gasteiger partial charge in [0.05, 0.1) is 0 Å². The predicted octanol–water partition coefficient (Wildman–Crippen LogP) is 4.22. The molecular formula is C17H23N2O3+. The van der Waals surface area contributed by atoms with E-state index in [0.29, 0.717) is 5.69 Å². The molecule has 3 rings (SSSR count). The van der Waals surface area contributed by atoms with Crippen molar-refractivity contribution in [1.29, 1.82) is 0 Å². The zero-order valence-electron chi connectivity index (χ0n) is 13.2. The molecule has 1 atom stereocenters. The van der Waals surface area contributed by atoms with Crippen molar-refractivity contribution in [3.05, 3.63) is 30.3 Å². The third kappa shape index (κ3) is 2.20. The lowest BCUT2D eigenvalue weighted by atomic mass is 9.94. The molecule has 118 valence electrons. The Labute approximate surface area is 131 Å². The van der Waals surface area contributed by atoms with Crippen molar-refractivity contribution in [1.82, 2.24) is 9.55 Å². The highest BCUT2D eigenvalue weighted by atomic mass is 16.8. The Bertz CT molecular complexity index is 567. The number of para-hydroxylation sites is 1. The van der Waals surface area contributed by atoms with E-state index in [-0.39, 0.29) is 22.8 Å². The van der Waals surface area contributed by atoms with Gasteiger partial charge < -0.3 is 0 Å². The minimum atomic E-state index is -0.505. The molecule has 22 heavy (non-hydrogen) atoms. The van der Waals surface area contributed by atoms with E-state index in [1.165, 1.54) is 11.3 Å². The van der Waals surface area contributed by atoms with Gasteiger partial charge in [-0.1, -0.05) is 37.5 Å². The van der Waals surface area contributed by atoms with Crippen LogP contribution in [0.1, 0.15) is 46.0 Å². The van der Waals surface area contributed by atoms with Crippen molar-refractivity contribution >= 4 is 17.8 Å². The molecule has 5 heteroatoms. The van der Waals surface area contributed by atoms with E-state index in [0.717, 1.165) is 25.7 Å². The normalized spacial score (nSPS) is 26.6. The molecule has 0 radical (unpaired) electrons. The molecular weight excluding hydrogens is 280 g/mol. The first kappa shape index (κ1) is 15.0. The topological polar surface area (TPSA) is 46.6 Å². The Kier molecular flexibility index (Phi) is 3.91. The summed E-state index contributed by atoms with van der Waals surface area (Å²) in [7, 11) is 0. The van der Waals surface area contributed by atoms with Gasteiger partial charge in [0.15, 0.2) is 5.69 Å². The third-order valence-corrected chi connectivity index (χ3v) is 4.72. The van der Waals surface area contributed by atoms with Gasteiger partial charge >= 0.3 is 12.1 Å². The Morgan fingerprint density at radius 3 is 2.32 bits per heavy atom. The fraction of sp³-hybridized carbons (Fsp3) is 0.529. The number of nitrogens with zero attached hydrogens (tertiary/aromatic N) is 2. The quantitative estimate of drug-likeness (QED) is 0.785. The number of carbonyl (C=O) groups is 2. The summed E-state index contributed by atoms with van der Waals surface area (Å²) in [5, 5.41) is 0. The highest BCUT2D eigenvalue weighted by Crippen LogP contribution is 2.37. The molecule has 1 unspecified atom stereocenters. The summed E-state index contributed by atoms with van der Waals surface area (Å²) in [5.74, 6) is 0. The lowest BCUT2D eigenvalue weighted by Gasteiger charge is -2.30. The predicted molar refractivity (Wildman–Crippen MR) is 84.0 cm³/mol. The molecule has 2 aliphatic rings. The lowest BCUT2D eigenvalue weighted by Crippen LogP contribution is -2.57. The number of imide groups is 1. The molecule has 0 bridgehead atoms.